The molecule has 0 unspecified atom stereocenters. The number of hydrogen-bond donors (Lipinski definition) is 2. The molecule has 47 heavy (non-hydrogen) atoms. The van der Waals surface area contributed by atoms with Crippen LogP contribution >= 0.6 is 11.3 Å². The molecule has 0 spiro atoms. The maximum atomic E-state index is 14.4. The van der Waals surface area contributed by atoms with Gasteiger partial charge in [0, 0.05) is 37.8 Å². The highest BCUT2D eigenvalue weighted by Gasteiger charge is 2.31. The van der Waals surface area contributed by atoms with E-state index in [1.807, 2.05) is 32.2 Å². The quantitative estimate of drug-likeness (QED) is 0.312. The Bertz CT molecular complexity index is 1600. The van der Waals surface area contributed by atoms with Crippen molar-refractivity contribution < 1.29 is 37.3 Å². The normalized spacial score (nSPS) is 21.5. The van der Waals surface area contributed by atoms with E-state index < -0.39 is 16.1 Å². The summed E-state index contributed by atoms with van der Waals surface area (Å²) in [5.74, 6) is 1.40. The molecule has 0 saturated heterocycles. The van der Waals surface area contributed by atoms with Crippen molar-refractivity contribution in [3.05, 3.63) is 65.0 Å². The summed E-state index contributed by atoms with van der Waals surface area (Å²) in [4.78, 5) is 18.2. The molecule has 2 aliphatic heterocycles. The number of hydrogen-bond acceptors (Lipinski definition) is 10. The van der Waals surface area contributed by atoms with Gasteiger partial charge in [-0.05, 0) is 87.5 Å². The minimum atomic E-state index is -3.83. The van der Waals surface area contributed by atoms with Gasteiger partial charge >= 0.3 is 0 Å². The SMILES string of the molecule is C[C@H]1CCCCO[C@H](CN(C)Cc2ccc3c(c2)OCO3)[C@@H](C)CN([C@@H](C)CO)C(=O)c2cc(NS(=O)(=O)c3cccs3)ccc2O1. The number of anilines is 1. The fourth-order valence-electron chi connectivity index (χ4n) is 5.79. The number of nitrogens with one attached hydrogen (secondary N) is 1. The molecule has 2 aromatic carbocycles. The lowest BCUT2D eigenvalue weighted by atomic mass is 10.0. The number of fused-ring (bicyclic) bond motifs is 2. The van der Waals surface area contributed by atoms with Gasteiger partial charge < -0.3 is 29.0 Å². The lowest BCUT2D eigenvalue weighted by molar-refractivity contribution is -0.0177. The molecule has 2 N–H and O–H groups in total. The average Bonchev–Trinajstić information content (AvgIpc) is 3.75. The van der Waals surface area contributed by atoms with E-state index in [-0.39, 0.29) is 52.9 Å². The Morgan fingerprint density at radius 1 is 1.09 bits per heavy atom. The molecule has 1 amide bonds. The Morgan fingerprint density at radius 2 is 1.87 bits per heavy atom. The van der Waals surface area contributed by atoms with Gasteiger partial charge in [0.2, 0.25) is 6.79 Å². The summed E-state index contributed by atoms with van der Waals surface area (Å²) in [5.41, 5.74) is 1.57. The summed E-state index contributed by atoms with van der Waals surface area (Å²) >= 11 is 1.11. The van der Waals surface area contributed by atoms with Gasteiger partial charge in [0.25, 0.3) is 15.9 Å². The Hall–Kier alpha value is -3.36. The van der Waals surface area contributed by atoms with Crippen LogP contribution in [0.2, 0.25) is 0 Å². The highest BCUT2D eigenvalue weighted by atomic mass is 32.2. The van der Waals surface area contributed by atoms with Crippen LogP contribution in [0, 0.1) is 5.92 Å². The summed E-state index contributed by atoms with van der Waals surface area (Å²) in [6.07, 6.45) is 2.10. The molecule has 0 radical (unpaired) electrons. The molecule has 2 aliphatic rings. The van der Waals surface area contributed by atoms with Crippen molar-refractivity contribution >= 4 is 33.0 Å². The van der Waals surface area contributed by atoms with Crippen LogP contribution in [0.1, 0.15) is 56.0 Å². The van der Waals surface area contributed by atoms with Gasteiger partial charge in [0.15, 0.2) is 11.5 Å². The first-order valence-electron chi connectivity index (χ1n) is 16.0. The number of benzene rings is 2. The van der Waals surface area contributed by atoms with Gasteiger partial charge in [-0.3, -0.25) is 14.4 Å². The molecule has 3 heterocycles. The fourth-order valence-corrected chi connectivity index (χ4v) is 7.84. The molecule has 0 saturated carbocycles. The van der Waals surface area contributed by atoms with Crippen molar-refractivity contribution in [2.75, 3.05) is 44.9 Å². The molecule has 0 fully saturated rings. The lowest BCUT2D eigenvalue weighted by Crippen LogP contribution is -2.47. The first-order chi connectivity index (χ1) is 22.5. The van der Waals surface area contributed by atoms with E-state index in [4.69, 9.17) is 18.9 Å². The Labute approximate surface area is 281 Å². The number of likely N-dealkylation sites (N-methyl/N-ethyl adjacent to an activating group) is 1. The zero-order valence-electron chi connectivity index (χ0n) is 27.4. The summed E-state index contributed by atoms with van der Waals surface area (Å²) < 4.78 is 52.5. The fraction of sp³-hybridized carbons (Fsp3) is 0.500. The molecule has 3 aromatic rings. The van der Waals surface area contributed by atoms with Crippen molar-refractivity contribution in [1.82, 2.24) is 9.80 Å². The second-order valence-corrected chi connectivity index (χ2v) is 15.3. The van der Waals surface area contributed by atoms with Crippen molar-refractivity contribution in [3.8, 4) is 17.2 Å². The van der Waals surface area contributed by atoms with E-state index in [1.165, 1.54) is 12.1 Å². The number of aliphatic hydroxyl groups excluding tert-OH is 1. The molecular formula is C34H45N3O8S2. The van der Waals surface area contributed by atoms with Gasteiger partial charge in [-0.15, -0.1) is 11.3 Å². The highest BCUT2D eigenvalue weighted by Crippen LogP contribution is 2.33. The molecule has 256 valence electrons. The van der Waals surface area contributed by atoms with E-state index in [0.717, 1.165) is 47.7 Å². The molecule has 13 heteroatoms. The highest BCUT2D eigenvalue weighted by molar-refractivity contribution is 7.94. The van der Waals surface area contributed by atoms with Gasteiger partial charge in [-0.25, -0.2) is 8.42 Å². The predicted octanol–water partition coefficient (Wildman–Crippen LogP) is 5.21. The summed E-state index contributed by atoms with van der Waals surface area (Å²) in [6, 6.07) is 13.4. The topological polar surface area (TPSA) is 127 Å². The first kappa shape index (κ1) is 35.0. The van der Waals surface area contributed by atoms with Gasteiger partial charge in [0.05, 0.1) is 30.4 Å². The molecule has 11 nitrogen and oxygen atoms in total. The van der Waals surface area contributed by atoms with Crippen molar-refractivity contribution in [1.29, 1.82) is 0 Å². The monoisotopic (exact) mass is 687 g/mol. The lowest BCUT2D eigenvalue weighted by Gasteiger charge is -2.36. The molecule has 0 bridgehead atoms. The van der Waals surface area contributed by atoms with Crippen molar-refractivity contribution in [2.45, 2.75) is 69.0 Å². The van der Waals surface area contributed by atoms with Crippen molar-refractivity contribution in [2.24, 2.45) is 5.92 Å². The minimum absolute atomic E-state index is 0.0982. The number of nitrogens with zero attached hydrogens (tertiary/aromatic N) is 2. The number of rotatable bonds is 9. The maximum absolute atomic E-state index is 14.4. The molecule has 1 aromatic heterocycles. The zero-order valence-corrected chi connectivity index (χ0v) is 29.0. The van der Waals surface area contributed by atoms with Crippen LogP contribution in [0.25, 0.3) is 0 Å². The Balaban J connectivity index is 1.40. The Morgan fingerprint density at radius 3 is 2.64 bits per heavy atom. The van der Waals surface area contributed by atoms with Gasteiger partial charge in [-0.1, -0.05) is 19.1 Å². The van der Waals surface area contributed by atoms with Crippen molar-refractivity contribution in [3.63, 3.8) is 0 Å². The van der Waals surface area contributed by atoms with E-state index in [0.29, 0.717) is 32.0 Å². The van der Waals surface area contributed by atoms with E-state index in [9.17, 15) is 18.3 Å². The largest absolute Gasteiger partial charge is 0.490 e. The van der Waals surface area contributed by atoms with Crippen LogP contribution in [-0.2, 0) is 21.3 Å². The number of thiophene rings is 1. The van der Waals surface area contributed by atoms with Crippen LogP contribution in [-0.4, -0.2) is 87.6 Å². The van der Waals surface area contributed by atoms with Crippen LogP contribution in [0.5, 0.6) is 17.2 Å². The number of ether oxygens (including phenoxy) is 4. The Kier molecular flexibility index (Phi) is 11.7. The van der Waals surface area contributed by atoms with Crippen LogP contribution < -0.4 is 18.9 Å². The number of aliphatic hydroxyl groups is 1. The third-order valence-electron chi connectivity index (χ3n) is 8.44. The number of carbonyl (C=O) groups is 1. The third-order valence-corrected chi connectivity index (χ3v) is 11.2. The predicted molar refractivity (Wildman–Crippen MR) is 181 cm³/mol. The molecule has 4 atom stereocenters. The zero-order chi connectivity index (χ0) is 33.6. The molecule has 0 aliphatic carbocycles. The minimum Gasteiger partial charge on any atom is -0.490 e. The summed E-state index contributed by atoms with van der Waals surface area (Å²) in [7, 11) is -1.79. The van der Waals surface area contributed by atoms with Crippen LogP contribution in [0.3, 0.4) is 0 Å². The standard InChI is InChI=1S/C34H45N3O8S2/c1-23-18-37(24(2)21-38)34(39)28-17-27(35-47(40,41)33-9-7-15-46-33)11-13-29(28)45-25(3)8-5-6-14-42-32(23)20-36(4)19-26-10-12-30-31(16-26)44-22-43-30/h7,9-13,15-17,23-25,32,35,38H,5-6,8,14,18-22H2,1-4H3/t23-,24-,25-,32+/m0/s1. The first-order valence-corrected chi connectivity index (χ1v) is 18.4. The van der Waals surface area contributed by atoms with Gasteiger partial charge in [0.1, 0.15) is 9.96 Å². The number of sulfonamides is 1. The summed E-state index contributed by atoms with van der Waals surface area (Å²) in [5, 5.41) is 11.9. The number of amides is 1. The third kappa shape index (κ3) is 8.96. The van der Waals surface area contributed by atoms with Crippen LogP contribution in [0.15, 0.2) is 58.1 Å². The molecular weight excluding hydrogens is 643 g/mol. The molecule has 5 rings (SSSR count). The second-order valence-electron chi connectivity index (χ2n) is 12.4. The average molecular weight is 688 g/mol. The second kappa shape index (κ2) is 15.7. The smallest absolute Gasteiger partial charge is 0.271 e. The van der Waals surface area contributed by atoms with Gasteiger partial charge in [-0.2, -0.15) is 0 Å². The number of carbonyl (C=O) groups excluding carboxylic acids is 1. The summed E-state index contributed by atoms with van der Waals surface area (Å²) in [6.45, 7) is 7.97. The maximum Gasteiger partial charge on any atom is 0.271 e. The van der Waals surface area contributed by atoms with E-state index in [1.54, 1.807) is 35.4 Å². The van der Waals surface area contributed by atoms with E-state index in [2.05, 4.69) is 16.5 Å². The van der Waals surface area contributed by atoms with Crippen LogP contribution in [0.4, 0.5) is 5.69 Å². The van der Waals surface area contributed by atoms with E-state index >= 15 is 0 Å².